The Morgan fingerprint density at radius 3 is 1.79 bits per heavy atom. The summed E-state index contributed by atoms with van der Waals surface area (Å²) in [5, 5.41) is 9.83. The highest BCUT2D eigenvalue weighted by Crippen LogP contribution is 2.36. The van der Waals surface area contributed by atoms with Gasteiger partial charge in [-0.2, -0.15) is 0 Å². The van der Waals surface area contributed by atoms with Crippen molar-refractivity contribution in [3.8, 4) is 0 Å². The smallest absolute Gasteiger partial charge is 0.462 e. The molecule has 10 heteroatoms. The third-order valence-electron chi connectivity index (χ3n) is 7.68. The normalized spacial score (nSPS) is 14.1. The lowest BCUT2D eigenvalue weighted by atomic mass is 10.1. The lowest BCUT2D eigenvalue weighted by Crippen LogP contribution is -2.29. The first-order valence-electron chi connectivity index (χ1n) is 19.6. The van der Waals surface area contributed by atoms with E-state index in [0.717, 1.165) is 64.2 Å². The molecule has 0 aliphatic rings. The Bertz CT molecular complexity index is 1190. The van der Waals surface area contributed by atoms with Gasteiger partial charge in [-0.05, 0) is 77.0 Å². The van der Waals surface area contributed by atoms with Crippen LogP contribution in [-0.2, 0) is 28.2 Å². The maximum absolute atomic E-state index is 12.4. The van der Waals surface area contributed by atoms with Crippen LogP contribution in [0, 0.1) is 0 Å². The molecule has 0 aliphatic heterocycles. The predicted molar refractivity (Wildman–Crippen MR) is 217 cm³/mol. The van der Waals surface area contributed by atoms with Crippen molar-refractivity contribution in [1.29, 1.82) is 0 Å². The number of phosphoric acid groups is 1. The second kappa shape index (κ2) is 37.3. The zero-order chi connectivity index (χ0) is 39.1. The number of carbonyl (C=O) groups is 2. The largest absolute Gasteiger partial charge is 0.469 e. The van der Waals surface area contributed by atoms with Crippen LogP contribution >= 0.6 is 7.82 Å². The third-order valence-corrected chi connectivity index (χ3v) is 8.17. The molecule has 3 N–H and O–H groups in total. The van der Waals surface area contributed by atoms with Gasteiger partial charge in [-0.25, -0.2) is 4.57 Å². The van der Waals surface area contributed by atoms with E-state index in [1.807, 2.05) is 36.5 Å². The number of carbonyl (C=O) groups excluding carboxylic acids is 2. The maximum atomic E-state index is 12.4. The average molecular weight is 761 g/mol. The first kappa shape index (κ1) is 49.9. The van der Waals surface area contributed by atoms with E-state index in [4.69, 9.17) is 19.3 Å². The highest BCUT2D eigenvalue weighted by Gasteiger charge is 2.22. The maximum Gasteiger partial charge on any atom is 0.469 e. The second-order valence-electron chi connectivity index (χ2n) is 12.7. The van der Waals surface area contributed by atoms with E-state index < -0.39 is 38.6 Å². The predicted octanol–water partition coefficient (Wildman–Crippen LogP) is 10.8. The lowest BCUT2D eigenvalue weighted by molar-refractivity contribution is -0.161. The van der Waals surface area contributed by atoms with Gasteiger partial charge >= 0.3 is 19.8 Å². The van der Waals surface area contributed by atoms with Crippen molar-refractivity contribution in [3.63, 3.8) is 0 Å². The Labute approximate surface area is 320 Å². The zero-order valence-electron chi connectivity index (χ0n) is 32.5. The summed E-state index contributed by atoms with van der Waals surface area (Å²) in [6, 6.07) is 0. The minimum absolute atomic E-state index is 0.123. The quantitative estimate of drug-likeness (QED) is 0.0192. The summed E-state index contributed by atoms with van der Waals surface area (Å²) >= 11 is 0. The fourth-order valence-electron chi connectivity index (χ4n) is 4.74. The van der Waals surface area contributed by atoms with E-state index in [0.29, 0.717) is 19.3 Å². The molecule has 0 bridgehead atoms. The van der Waals surface area contributed by atoms with Crippen molar-refractivity contribution >= 4 is 19.8 Å². The van der Waals surface area contributed by atoms with Gasteiger partial charge in [0, 0.05) is 12.8 Å². The number of rotatable bonds is 34. The van der Waals surface area contributed by atoms with Crippen molar-refractivity contribution in [2.75, 3.05) is 13.2 Å². The fourth-order valence-corrected chi connectivity index (χ4v) is 5.10. The summed E-state index contributed by atoms with van der Waals surface area (Å²) in [6.45, 7) is 3.34. The number of hydrogen-bond acceptors (Lipinski definition) is 7. The molecular formula is C43H69O9P. The van der Waals surface area contributed by atoms with E-state index in [1.165, 1.54) is 25.7 Å². The number of unbranched alkanes of at least 4 members (excludes halogenated alkanes) is 8. The number of allylic oxidation sites excluding steroid dienone is 14. The summed E-state index contributed by atoms with van der Waals surface area (Å²) < 4.78 is 26.2. The van der Waals surface area contributed by atoms with Gasteiger partial charge in [0.1, 0.15) is 6.61 Å². The fraction of sp³-hybridized carbons (Fsp3) is 0.581. The molecule has 53 heavy (non-hydrogen) atoms. The summed E-state index contributed by atoms with van der Waals surface area (Å²) in [5.41, 5.74) is 0. The molecule has 0 fully saturated rings. The van der Waals surface area contributed by atoms with Crippen LogP contribution in [0.4, 0.5) is 0 Å². The molecule has 0 heterocycles. The van der Waals surface area contributed by atoms with Crippen LogP contribution in [0.5, 0.6) is 0 Å². The average Bonchev–Trinajstić information content (AvgIpc) is 3.12. The first-order valence-corrected chi connectivity index (χ1v) is 21.2. The molecule has 0 amide bonds. The Morgan fingerprint density at radius 2 is 1.17 bits per heavy atom. The number of aliphatic hydroxyl groups is 1. The SMILES string of the molecule is CC/C=C/CC(O)/C=C/C=C/CCCCCCCC(=O)O[C@H](COC(=O)CC/C=C\C/C=C\C/C=C\C/C=C\C/C=C\CCCCC)COP(=O)(O)O. The molecule has 0 aliphatic carbocycles. The number of hydrogen-bond donors (Lipinski definition) is 3. The van der Waals surface area contributed by atoms with Crippen molar-refractivity contribution in [2.24, 2.45) is 0 Å². The summed E-state index contributed by atoms with van der Waals surface area (Å²) in [4.78, 5) is 42.7. The van der Waals surface area contributed by atoms with Crippen LogP contribution in [0.3, 0.4) is 0 Å². The summed E-state index contributed by atoms with van der Waals surface area (Å²) in [6.07, 6.45) is 47.5. The molecule has 0 aromatic rings. The molecule has 0 radical (unpaired) electrons. The Hall–Kier alpha value is -3.07. The topological polar surface area (TPSA) is 140 Å². The van der Waals surface area contributed by atoms with E-state index in [9.17, 15) is 19.3 Å². The van der Waals surface area contributed by atoms with E-state index in [2.05, 4.69) is 73.1 Å². The molecule has 1 unspecified atom stereocenters. The van der Waals surface area contributed by atoms with Gasteiger partial charge in [-0.15, -0.1) is 0 Å². The molecular weight excluding hydrogens is 691 g/mol. The van der Waals surface area contributed by atoms with Crippen molar-refractivity contribution in [1.82, 2.24) is 0 Å². The molecule has 2 atom stereocenters. The van der Waals surface area contributed by atoms with E-state index in [1.54, 1.807) is 6.08 Å². The van der Waals surface area contributed by atoms with Gasteiger partial charge in [0.15, 0.2) is 6.10 Å². The standard InChI is InChI=1S/C43H69O9P/c1-3-5-7-8-9-10-11-12-13-14-15-16-17-18-19-22-25-28-32-36-42(45)50-38-41(39-51-53(47,48)49)52-43(46)37-33-29-26-23-20-21-24-27-31-35-40(44)34-30-6-4-2/h6,9-10,12-13,15-16,18-19,24-25,27-28,30-31,35,40-41,44H,3-5,7-8,11,14,17,20-23,26,29,32-34,36-39H2,1-2H3,(H2,47,48,49)/b10-9-,13-12-,16-15-,19-18-,27-24+,28-25-,30-6+,35-31+/t40?,41-/m1/s1. The monoisotopic (exact) mass is 760 g/mol. The van der Waals surface area contributed by atoms with E-state index >= 15 is 0 Å². The second-order valence-corrected chi connectivity index (χ2v) is 14.0. The minimum atomic E-state index is -4.79. The van der Waals surface area contributed by atoms with Crippen LogP contribution < -0.4 is 0 Å². The van der Waals surface area contributed by atoms with Gasteiger partial charge in [0.25, 0.3) is 0 Å². The van der Waals surface area contributed by atoms with Gasteiger partial charge in [-0.1, -0.05) is 143 Å². The van der Waals surface area contributed by atoms with E-state index in [-0.39, 0.29) is 19.4 Å². The van der Waals surface area contributed by atoms with Crippen molar-refractivity contribution < 1.29 is 43.0 Å². The Morgan fingerprint density at radius 1 is 0.604 bits per heavy atom. The number of aliphatic hydroxyl groups excluding tert-OH is 1. The number of phosphoric ester groups is 1. The number of esters is 2. The molecule has 0 spiro atoms. The molecule has 0 saturated carbocycles. The minimum Gasteiger partial charge on any atom is -0.462 e. The molecule has 300 valence electrons. The molecule has 0 aromatic carbocycles. The van der Waals surface area contributed by atoms with Crippen LogP contribution in [-0.4, -0.2) is 52.3 Å². The van der Waals surface area contributed by atoms with Gasteiger partial charge in [-0.3, -0.25) is 14.1 Å². The van der Waals surface area contributed by atoms with Crippen LogP contribution in [0.2, 0.25) is 0 Å². The van der Waals surface area contributed by atoms with Crippen LogP contribution in [0.25, 0.3) is 0 Å². The third kappa shape index (κ3) is 40.0. The van der Waals surface area contributed by atoms with Crippen LogP contribution in [0.15, 0.2) is 97.2 Å². The van der Waals surface area contributed by atoms with Gasteiger partial charge in [0.2, 0.25) is 0 Å². The highest BCUT2D eigenvalue weighted by atomic mass is 31.2. The Balaban J connectivity index is 4.17. The zero-order valence-corrected chi connectivity index (χ0v) is 33.4. The summed E-state index contributed by atoms with van der Waals surface area (Å²) in [5.74, 6) is -1.05. The first-order chi connectivity index (χ1) is 25.7. The number of ether oxygens (including phenoxy) is 2. The van der Waals surface area contributed by atoms with Crippen molar-refractivity contribution in [3.05, 3.63) is 97.2 Å². The lowest BCUT2D eigenvalue weighted by Gasteiger charge is -2.18. The molecule has 0 saturated heterocycles. The van der Waals surface area contributed by atoms with Crippen molar-refractivity contribution in [2.45, 2.75) is 148 Å². The Kier molecular flexibility index (Phi) is 35.1. The molecule has 0 rings (SSSR count). The highest BCUT2D eigenvalue weighted by molar-refractivity contribution is 7.46. The van der Waals surface area contributed by atoms with Gasteiger partial charge in [0.05, 0.1) is 12.7 Å². The van der Waals surface area contributed by atoms with Gasteiger partial charge < -0.3 is 24.4 Å². The summed E-state index contributed by atoms with van der Waals surface area (Å²) in [7, 11) is -4.79. The van der Waals surface area contributed by atoms with Crippen LogP contribution in [0.1, 0.15) is 136 Å². The molecule has 9 nitrogen and oxygen atoms in total. The molecule has 0 aromatic heterocycles.